The maximum atomic E-state index is 2.59. The van der Waals surface area contributed by atoms with Crippen molar-refractivity contribution in [1.29, 1.82) is 0 Å². The second-order valence-electron chi connectivity index (χ2n) is 5.38. The monoisotopic (exact) mass is 232 g/mol. The summed E-state index contributed by atoms with van der Waals surface area (Å²) in [4.78, 5) is 4.98. The van der Waals surface area contributed by atoms with E-state index < -0.39 is 0 Å². The van der Waals surface area contributed by atoms with Crippen LogP contribution in [0.1, 0.15) is 18.9 Å². The third-order valence-electron chi connectivity index (χ3n) is 3.92. The van der Waals surface area contributed by atoms with E-state index in [0.29, 0.717) is 0 Å². The molecule has 0 aromatic heterocycles. The molecule has 2 atom stereocenters. The third kappa shape index (κ3) is 3.08. The second kappa shape index (κ2) is 5.65. The molecule has 0 aliphatic carbocycles. The van der Waals surface area contributed by atoms with Gasteiger partial charge < -0.3 is 4.90 Å². The van der Waals surface area contributed by atoms with Crippen molar-refractivity contribution in [3.05, 3.63) is 35.9 Å². The van der Waals surface area contributed by atoms with Gasteiger partial charge in [0, 0.05) is 25.7 Å². The number of nitrogens with zero attached hydrogens (tertiary/aromatic N) is 2. The van der Waals surface area contributed by atoms with Gasteiger partial charge in [-0.05, 0) is 25.6 Å². The van der Waals surface area contributed by atoms with Crippen molar-refractivity contribution in [1.82, 2.24) is 9.80 Å². The van der Waals surface area contributed by atoms with E-state index in [1.54, 1.807) is 0 Å². The van der Waals surface area contributed by atoms with Crippen LogP contribution in [0.15, 0.2) is 30.3 Å². The summed E-state index contributed by atoms with van der Waals surface area (Å²) in [5.41, 5.74) is 1.43. The molecular weight excluding hydrogens is 208 g/mol. The molecule has 2 unspecified atom stereocenters. The quantitative estimate of drug-likeness (QED) is 0.787. The summed E-state index contributed by atoms with van der Waals surface area (Å²) in [5.74, 6) is 0.828. The van der Waals surface area contributed by atoms with Gasteiger partial charge in [-0.25, -0.2) is 0 Å². The van der Waals surface area contributed by atoms with Crippen LogP contribution in [0.3, 0.4) is 0 Å². The molecule has 2 nitrogen and oxygen atoms in total. The Hall–Kier alpha value is -0.860. The van der Waals surface area contributed by atoms with Crippen LogP contribution in [0.25, 0.3) is 0 Å². The van der Waals surface area contributed by atoms with Crippen LogP contribution in [0, 0.1) is 5.92 Å². The Morgan fingerprint density at radius 1 is 1.18 bits per heavy atom. The summed E-state index contributed by atoms with van der Waals surface area (Å²) < 4.78 is 0. The van der Waals surface area contributed by atoms with Gasteiger partial charge in [-0.3, -0.25) is 4.90 Å². The van der Waals surface area contributed by atoms with Crippen molar-refractivity contribution in [2.45, 2.75) is 25.9 Å². The van der Waals surface area contributed by atoms with E-state index in [1.807, 2.05) is 0 Å². The molecule has 0 bridgehead atoms. The first-order valence-electron chi connectivity index (χ1n) is 6.63. The predicted octanol–water partition coefficient (Wildman–Crippen LogP) is 2.46. The highest BCUT2D eigenvalue weighted by atomic mass is 15.2. The van der Waals surface area contributed by atoms with Gasteiger partial charge in [-0.2, -0.15) is 0 Å². The van der Waals surface area contributed by atoms with Crippen LogP contribution >= 0.6 is 0 Å². The molecular formula is C15H24N2. The van der Waals surface area contributed by atoms with Crippen LogP contribution in [0.4, 0.5) is 0 Å². The van der Waals surface area contributed by atoms with Crippen LogP contribution in [-0.2, 0) is 6.54 Å². The van der Waals surface area contributed by atoms with Gasteiger partial charge in [0.2, 0.25) is 0 Å². The van der Waals surface area contributed by atoms with Crippen molar-refractivity contribution in [2.24, 2.45) is 5.92 Å². The van der Waals surface area contributed by atoms with Gasteiger partial charge in [0.15, 0.2) is 0 Å². The number of likely N-dealkylation sites (N-methyl/N-ethyl adjacent to an activating group) is 1. The molecule has 1 aromatic carbocycles. The maximum absolute atomic E-state index is 2.59. The molecule has 0 radical (unpaired) electrons. The Morgan fingerprint density at radius 2 is 1.88 bits per heavy atom. The highest BCUT2D eigenvalue weighted by Crippen LogP contribution is 2.24. The van der Waals surface area contributed by atoms with E-state index in [0.717, 1.165) is 18.5 Å². The molecule has 94 valence electrons. The van der Waals surface area contributed by atoms with Gasteiger partial charge >= 0.3 is 0 Å². The van der Waals surface area contributed by atoms with E-state index in [9.17, 15) is 0 Å². The highest BCUT2D eigenvalue weighted by Gasteiger charge is 2.32. The molecule has 0 N–H and O–H groups in total. The van der Waals surface area contributed by atoms with E-state index in [1.165, 1.54) is 25.1 Å². The molecule has 1 aromatic rings. The van der Waals surface area contributed by atoms with E-state index >= 15 is 0 Å². The van der Waals surface area contributed by atoms with Crippen LogP contribution < -0.4 is 0 Å². The fourth-order valence-corrected chi connectivity index (χ4v) is 2.90. The van der Waals surface area contributed by atoms with Crippen LogP contribution in [-0.4, -0.2) is 43.0 Å². The average Bonchev–Trinajstić information content (AvgIpc) is 2.73. The summed E-state index contributed by atoms with van der Waals surface area (Å²) in [5, 5.41) is 0. The molecule has 1 fully saturated rings. The Kier molecular flexibility index (Phi) is 4.19. The smallest absolute Gasteiger partial charge is 0.0257 e. The first-order chi connectivity index (χ1) is 8.20. The minimum absolute atomic E-state index is 0.726. The first-order valence-corrected chi connectivity index (χ1v) is 6.63. The lowest BCUT2D eigenvalue weighted by Gasteiger charge is -2.24. The normalized spacial score (nSPS) is 25.6. The minimum atomic E-state index is 0.726. The zero-order valence-corrected chi connectivity index (χ0v) is 11.3. The lowest BCUT2D eigenvalue weighted by molar-refractivity contribution is 0.242. The van der Waals surface area contributed by atoms with E-state index in [2.05, 4.69) is 61.2 Å². The minimum Gasteiger partial charge on any atom is -0.305 e. The van der Waals surface area contributed by atoms with E-state index in [4.69, 9.17) is 0 Å². The molecule has 1 aliphatic heterocycles. The van der Waals surface area contributed by atoms with Crippen molar-refractivity contribution < 1.29 is 0 Å². The molecule has 17 heavy (non-hydrogen) atoms. The molecule has 1 saturated heterocycles. The summed E-state index contributed by atoms with van der Waals surface area (Å²) in [7, 11) is 4.42. The fourth-order valence-electron chi connectivity index (χ4n) is 2.90. The topological polar surface area (TPSA) is 6.48 Å². The maximum Gasteiger partial charge on any atom is 0.0257 e. The van der Waals surface area contributed by atoms with Crippen LogP contribution in [0.2, 0.25) is 0 Å². The molecule has 2 heteroatoms. The van der Waals surface area contributed by atoms with Crippen LogP contribution in [0.5, 0.6) is 0 Å². The lowest BCUT2D eigenvalue weighted by atomic mass is 10.0. The van der Waals surface area contributed by atoms with E-state index in [-0.39, 0.29) is 0 Å². The predicted molar refractivity (Wildman–Crippen MR) is 73.0 cm³/mol. The molecule has 1 aliphatic rings. The van der Waals surface area contributed by atoms with Gasteiger partial charge in [-0.15, -0.1) is 0 Å². The third-order valence-corrected chi connectivity index (χ3v) is 3.92. The standard InChI is InChI=1S/C15H24N2/c1-4-14-11-17(12-15(14)16(2)3)10-13-8-6-5-7-9-13/h5-9,14-15H,4,10-12H2,1-3H3. The zero-order valence-electron chi connectivity index (χ0n) is 11.3. The molecule has 1 heterocycles. The number of likely N-dealkylation sites (tertiary alicyclic amines) is 1. The Labute approximate surface area is 105 Å². The lowest BCUT2D eigenvalue weighted by Crippen LogP contribution is -2.35. The number of rotatable bonds is 4. The van der Waals surface area contributed by atoms with Crippen molar-refractivity contribution in [3.8, 4) is 0 Å². The molecule has 0 amide bonds. The van der Waals surface area contributed by atoms with Gasteiger partial charge in [0.25, 0.3) is 0 Å². The average molecular weight is 232 g/mol. The molecule has 0 saturated carbocycles. The SMILES string of the molecule is CCC1CN(Cc2ccccc2)CC1N(C)C. The number of hydrogen-bond acceptors (Lipinski definition) is 2. The Balaban J connectivity index is 1.96. The van der Waals surface area contributed by atoms with Gasteiger partial charge in [-0.1, -0.05) is 43.7 Å². The Morgan fingerprint density at radius 3 is 2.41 bits per heavy atom. The first kappa shape index (κ1) is 12.6. The number of benzene rings is 1. The molecule has 0 spiro atoms. The Bertz CT molecular complexity index is 334. The van der Waals surface area contributed by atoms with Crippen molar-refractivity contribution in [2.75, 3.05) is 27.2 Å². The highest BCUT2D eigenvalue weighted by molar-refractivity contribution is 5.14. The summed E-state index contributed by atoms with van der Waals surface area (Å²) in [6, 6.07) is 11.5. The summed E-state index contributed by atoms with van der Waals surface area (Å²) in [6.07, 6.45) is 1.29. The molecule has 2 rings (SSSR count). The van der Waals surface area contributed by atoms with Gasteiger partial charge in [0.05, 0.1) is 0 Å². The number of hydrogen-bond donors (Lipinski definition) is 0. The van der Waals surface area contributed by atoms with Crippen molar-refractivity contribution in [3.63, 3.8) is 0 Å². The van der Waals surface area contributed by atoms with Gasteiger partial charge in [0.1, 0.15) is 0 Å². The summed E-state index contributed by atoms with van der Waals surface area (Å²) >= 11 is 0. The summed E-state index contributed by atoms with van der Waals surface area (Å²) in [6.45, 7) is 5.86. The largest absolute Gasteiger partial charge is 0.305 e. The zero-order chi connectivity index (χ0) is 12.3. The van der Waals surface area contributed by atoms with Crippen molar-refractivity contribution >= 4 is 0 Å². The second-order valence-corrected chi connectivity index (χ2v) is 5.38. The fraction of sp³-hybridized carbons (Fsp3) is 0.600.